The molecule has 0 saturated carbocycles. The molecule has 2 heterocycles. The molecular weight excluding hydrogens is 270 g/mol. The SMILES string of the molecule is CC1(C)c2ccccc2Oc2ccc(C3C=CC=CN3)cc21. The highest BCUT2D eigenvalue weighted by molar-refractivity contribution is 5.57. The lowest BCUT2D eigenvalue weighted by molar-refractivity contribution is 0.417. The van der Waals surface area contributed by atoms with E-state index in [0.29, 0.717) is 0 Å². The summed E-state index contributed by atoms with van der Waals surface area (Å²) in [7, 11) is 0. The summed E-state index contributed by atoms with van der Waals surface area (Å²) in [4.78, 5) is 0. The second-order valence-corrected chi connectivity index (χ2v) is 6.37. The number of ether oxygens (including phenoxy) is 1. The molecule has 2 aromatic rings. The monoisotopic (exact) mass is 289 g/mol. The van der Waals surface area contributed by atoms with Crippen LogP contribution in [0.15, 0.2) is 66.9 Å². The van der Waals surface area contributed by atoms with Gasteiger partial charge in [0.25, 0.3) is 0 Å². The van der Waals surface area contributed by atoms with Crippen LogP contribution in [0.25, 0.3) is 0 Å². The molecule has 22 heavy (non-hydrogen) atoms. The number of hydrogen-bond donors (Lipinski definition) is 1. The first-order valence-corrected chi connectivity index (χ1v) is 7.67. The largest absolute Gasteiger partial charge is 0.457 e. The van der Waals surface area contributed by atoms with Gasteiger partial charge >= 0.3 is 0 Å². The van der Waals surface area contributed by atoms with Crippen LogP contribution in [0, 0.1) is 0 Å². The maximum Gasteiger partial charge on any atom is 0.131 e. The Morgan fingerprint density at radius 2 is 1.77 bits per heavy atom. The lowest BCUT2D eigenvalue weighted by atomic mass is 9.75. The third-order valence-electron chi connectivity index (χ3n) is 4.60. The minimum Gasteiger partial charge on any atom is -0.457 e. The second kappa shape index (κ2) is 4.77. The average Bonchev–Trinajstić information content (AvgIpc) is 2.56. The predicted octanol–water partition coefficient (Wildman–Crippen LogP) is 4.83. The van der Waals surface area contributed by atoms with E-state index in [4.69, 9.17) is 4.74 Å². The Bertz CT molecular complexity index is 786. The van der Waals surface area contributed by atoms with Crippen molar-refractivity contribution in [2.45, 2.75) is 25.3 Å². The average molecular weight is 289 g/mol. The zero-order valence-corrected chi connectivity index (χ0v) is 12.8. The normalized spacial score (nSPS) is 20.5. The van der Waals surface area contributed by atoms with E-state index < -0.39 is 0 Å². The molecular formula is C20H19NO. The van der Waals surface area contributed by atoms with Gasteiger partial charge in [-0.2, -0.15) is 0 Å². The van der Waals surface area contributed by atoms with Gasteiger partial charge in [0, 0.05) is 16.5 Å². The fraction of sp³-hybridized carbons (Fsp3) is 0.200. The van der Waals surface area contributed by atoms with Crippen molar-refractivity contribution in [1.29, 1.82) is 0 Å². The summed E-state index contributed by atoms with van der Waals surface area (Å²) in [6.07, 6.45) is 8.25. The maximum absolute atomic E-state index is 6.10. The molecule has 0 saturated heterocycles. The number of fused-ring (bicyclic) bond motifs is 2. The molecule has 0 fully saturated rings. The van der Waals surface area contributed by atoms with Crippen molar-refractivity contribution in [2.24, 2.45) is 0 Å². The van der Waals surface area contributed by atoms with Gasteiger partial charge in [-0.3, -0.25) is 0 Å². The highest BCUT2D eigenvalue weighted by Gasteiger charge is 2.34. The molecule has 1 N–H and O–H groups in total. The van der Waals surface area contributed by atoms with E-state index in [-0.39, 0.29) is 11.5 Å². The molecule has 0 spiro atoms. The first kappa shape index (κ1) is 13.2. The molecule has 4 rings (SSSR count). The lowest BCUT2D eigenvalue weighted by Crippen LogP contribution is -2.25. The number of dihydropyridines is 1. The zero-order chi connectivity index (χ0) is 15.2. The van der Waals surface area contributed by atoms with E-state index in [1.807, 2.05) is 24.4 Å². The van der Waals surface area contributed by atoms with Gasteiger partial charge in [-0.1, -0.05) is 50.3 Å². The summed E-state index contributed by atoms with van der Waals surface area (Å²) in [5.41, 5.74) is 3.68. The van der Waals surface area contributed by atoms with E-state index in [9.17, 15) is 0 Å². The van der Waals surface area contributed by atoms with Gasteiger partial charge in [-0.15, -0.1) is 0 Å². The number of rotatable bonds is 1. The van der Waals surface area contributed by atoms with Crippen LogP contribution in [0.2, 0.25) is 0 Å². The summed E-state index contributed by atoms with van der Waals surface area (Å²) in [6, 6.07) is 15.0. The first-order chi connectivity index (χ1) is 10.7. The molecule has 2 aromatic carbocycles. The van der Waals surface area contributed by atoms with E-state index in [1.165, 1.54) is 16.7 Å². The summed E-state index contributed by atoms with van der Waals surface area (Å²) in [5.74, 6) is 1.93. The quantitative estimate of drug-likeness (QED) is 0.811. The van der Waals surface area contributed by atoms with Crippen molar-refractivity contribution in [3.63, 3.8) is 0 Å². The number of nitrogens with one attached hydrogen (secondary N) is 1. The van der Waals surface area contributed by atoms with Crippen LogP contribution >= 0.6 is 0 Å². The molecule has 2 aliphatic rings. The fourth-order valence-electron chi connectivity index (χ4n) is 3.31. The Hall–Kier alpha value is -2.48. The van der Waals surface area contributed by atoms with Crippen LogP contribution in [0.1, 0.15) is 36.6 Å². The van der Waals surface area contributed by atoms with E-state index in [2.05, 4.69) is 61.6 Å². The smallest absolute Gasteiger partial charge is 0.131 e. The maximum atomic E-state index is 6.10. The van der Waals surface area contributed by atoms with E-state index in [1.54, 1.807) is 0 Å². The molecule has 2 aliphatic heterocycles. The Kier molecular flexibility index (Phi) is 2.86. The van der Waals surface area contributed by atoms with Gasteiger partial charge < -0.3 is 10.1 Å². The molecule has 110 valence electrons. The highest BCUT2D eigenvalue weighted by Crippen LogP contribution is 2.48. The third-order valence-corrected chi connectivity index (χ3v) is 4.60. The molecule has 2 nitrogen and oxygen atoms in total. The summed E-state index contributed by atoms with van der Waals surface area (Å²) in [6.45, 7) is 4.53. The van der Waals surface area contributed by atoms with Gasteiger partial charge in [0.05, 0.1) is 6.04 Å². The van der Waals surface area contributed by atoms with Gasteiger partial charge in [0.2, 0.25) is 0 Å². The minimum absolute atomic E-state index is 0.0611. The third kappa shape index (κ3) is 1.95. The number of allylic oxidation sites excluding steroid dienone is 2. The van der Waals surface area contributed by atoms with Crippen LogP contribution < -0.4 is 10.1 Å². The Morgan fingerprint density at radius 1 is 0.955 bits per heavy atom. The van der Waals surface area contributed by atoms with Gasteiger partial charge in [0.15, 0.2) is 0 Å². The Balaban J connectivity index is 1.81. The molecule has 0 bridgehead atoms. The van der Waals surface area contributed by atoms with Gasteiger partial charge in [-0.25, -0.2) is 0 Å². The van der Waals surface area contributed by atoms with E-state index in [0.717, 1.165) is 11.5 Å². The number of para-hydroxylation sites is 1. The summed E-state index contributed by atoms with van der Waals surface area (Å²) in [5, 5.41) is 3.38. The van der Waals surface area contributed by atoms with Gasteiger partial charge in [0.1, 0.15) is 11.5 Å². The van der Waals surface area contributed by atoms with Crippen molar-refractivity contribution >= 4 is 0 Å². The van der Waals surface area contributed by atoms with Crippen LogP contribution in [0.3, 0.4) is 0 Å². The van der Waals surface area contributed by atoms with Crippen LogP contribution in [-0.2, 0) is 5.41 Å². The molecule has 1 atom stereocenters. The summed E-state index contributed by atoms with van der Waals surface area (Å²) >= 11 is 0. The minimum atomic E-state index is -0.0611. The molecule has 0 aromatic heterocycles. The van der Waals surface area contributed by atoms with Crippen LogP contribution in [-0.4, -0.2) is 0 Å². The topological polar surface area (TPSA) is 21.3 Å². The first-order valence-electron chi connectivity index (χ1n) is 7.67. The van der Waals surface area contributed by atoms with Crippen molar-refractivity contribution in [3.8, 4) is 11.5 Å². The highest BCUT2D eigenvalue weighted by atomic mass is 16.5. The van der Waals surface area contributed by atoms with Crippen molar-refractivity contribution in [3.05, 3.63) is 83.6 Å². The summed E-state index contributed by atoms with van der Waals surface area (Å²) < 4.78 is 6.10. The van der Waals surface area contributed by atoms with Crippen LogP contribution in [0.5, 0.6) is 11.5 Å². The van der Waals surface area contributed by atoms with Crippen molar-refractivity contribution in [2.75, 3.05) is 0 Å². The number of hydrogen-bond acceptors (Lipinski definition) is 2. The molecule has 0 radical (unpaired) electrons. The Morgan fingerprint density at radius 3 is 2.59 bits per heavy atom. The number of benzene rings is 2. The standard InChI is InChI=1S/C20H19NO/c1-20(2)15-7-3-4-9-18(15)22-19-11-10-14(13-16(19)20)17-8-5-6-12-21-17/h3-13,17,21H,1-2H3. The van der Waals surface area contributed by atoms with E-state index >= 15 is 0 Å². The molecule has 0 amide bonds. The molecule has 0 aliphatic carbocycles. The van der Waals surface area contributed by atoms with Crippen LogP contribution in [0.4, 0.5) is 0 Å². The Labute approximate surface area is 131 Å². The van der Waals surface area contributed by atoms with Gasteiger partial charge in [-0.05, 0) is 36.0 Å². The fourth-order valence-corrected chi connectivity index (χ4v) is 3.31. The zero-order valence-electron chi connectivity index (χ0n) is 12.8. The van der Waals surface area contributed by atoms with Crippen molar-refractivity contribution in [1.82, 2.24) is 5.32 Å². The molecule has 2 heteroatoms. The lowest BCUT2D eigenvalue weighted by Gasteiger charge is -2.35. The molecule has 1 unspecified atom stereocenters. The predicted molar refractivity (Wildman–Crippen MR) is 89.2 cm³/mol. The second-order valence-electron chi connectivity index (χ2n) is 6.37. The van der Waals surface area contributed by atoms with Crippen molar-refractivity contribution < 1.29 is 4.74 Å².